The second kappa shape index (κ2) is 10.5. The molecule has 3 aromatic rings. The van der Waals surface area contributed by atoms with Crippen LogP contribution in [-0.2, 0) is 13.0 Å². The summed E-state index contributed by atoms with van der Waals surface area (Å²) >= 11 is 0. The van der Waals surface area contributed by atoms with Gasteiger partial charge in [-0.05, 0) is 61.7 Å². The van der Waals surface area contributed by atoms with Crippen LogP contribution in [0.1, 0.15) is 29.5 Å². The number of likely N-dealkylation sites (tertiary alicyclic amines) is 1. The molecule has 35 heavy (non-hydrogen) atoms. The minimum atomic E-state index is -0.435. The fourth-order valence-electron chi connectivity index (χ4n) is 4.86. The molecule has 2 aliphatic heterocycles. The molecule has 0 saturated carbocycles. The number of nitriles is 1. The van der Waals surface area contributed by atoms with Crippen molar-refractivity contribution in [3.8, 4) is 23.3 Å². The molecule has 7 nitrogen and oxygen atoms in total. The number of halogens is 1. The third-order valence-corrected chi connectivity index (χ3v) is 6.83. The summed E-state index contributed by atoms with van der Waals surface area (Å²) in [5.41, 5.74) is 2.78. The molecule has 1 aromatic heterocycles. The molecule has 3 heterocycles. The van der Waals surface area contributed by atoms with Gasteiger partial charge in [0.15, 0.2) is 17.3 Å². The zero-order valence-corrected chi connectivity index (χ0v) is 19.8. The molecule has 2 aromatic carbocycles. The first-order chi connectivity index (χ1) is 17.1. The van der Waals surface area contributed by atoms with E-state index in [0.29, 0.717) is 42.4 Å². The Morgan fingerprint density at radius 1 is 1.17 bits per heavy atom. The summed E-state index contributed by atoms with van der Waals surface area (Å²) in [5.74, 6) is 1.63. The van der Waals surface area contributed by atoms with Gasteiger partial charge < -0.3 is 24.4 Å². The fourth-order valence-corrected chi connectivity index (χ4v) is 4.86. The van der Waals surface area contributed by atoms with Crippen LogP contribution < -0.4 is 19.5 Å². The van der Waals surface area contributed by atoms with Gasteiger partial charge in [0, 0.05) is 36.8 Å². The lowest BCUT2D eigenvalue weighted by Gasteiger charge is -2.32. The summed E-state index contributed by atoms with van der Waals surface area (Å²) in [4.78, 5) is 6.58. The van der Waals surface area contributed by atoms with Gasteiger partial charge in [-0.25, -0.2) is 4.39 Å². The van der Waals surface area contributed by atoms with Gasteiger partial charge in [0.2, 0.25) is 0 Å². The standard InChI is InChI=1S/C27H29FN4O3/c1-33-21-13-23-22(19(15-29)17-31-27(23)24(28)14-21)6-9-32-7-4-20(5-8-32)30-16-18-2-3-25-26(12-18)35-11-10-34-25/h2-3,12-14,17,20,30H,4-11,16H2,1H3. The monoisotopic (exact) mass is 476 g/mol. The van der Waals surface area contributed by atoms with Crippen LogP contribution in [0.3, 0.4) is 0 Å². The predicted molar refractivity (Wildman–Crippen MR) is 130 cm³/mol. The quantitative estimate of drug-likeness (QED) is 0.555. The molecule has 1 saturated heterocycles. The highest BCUT2D eigenvalue weighted by molar-refractivity contribution is 5.86. The number of ether oxygens (including phenoxy) is 3. The largest absolute Gasteiger partial charge is 0.497 e. The van der Waals surface area contributed by atoms with Crippen LogP contribution >= 0.6 is 0 Å². The van der Waals surface area contributed by atoms with Crippen molar-refractivity contribution in [1.82, 2.24) is 15.2 Å². The highest BCUT2D eigenvalue weighted by atomic mass is 19.1. The molecule has 0 radical (unpaired) electrons. The van der Waals surface area contributed by atoms with Crippen molar-refractivity contribution in [1.29, 1.82) is 5.26 Å². The first kappa shape index (κ1) is 23.3. The number of piperidine rings is 1. The van der Waals surface area contributed by atoms with Crippen molar-refractivity contribution in [2.45, 2.75) is 31.8 Å². The molecule has 0 unspecified atom stereocenters. The van der Waals surface area contributed by atoms with Crippen molar-refractivity contribution in [3.05, 3.63) is 59.0 Å². The normalized spacial score (nSPS) is 16.3. The van der Waals surface area contributed by atoms with Gasteiger partial charge in [0.05, 0.1) is 12.7 Å². The van der Waals surface area contributed by atoms with E-state index in [-0.39, 0.29) is 5.52 Å². The van der Waals surface area contributed by atoms with Crippen LogP contribution in [0.4, 0.5) is 4.39 Å². The SMILES string of the molecule is COc1cc(F)c2ncc(C#N)c(CCN3CCC(NCc4ccc5c(c4)OCCO5)CC3)c2c1. The van der Waals surface area contributed by atoms with E-state index < -0.39 is 5.82 Å². The number of fused-ring (bicyclic) bond motifs is 2. The average molecular weight is 477 g/mol. The Hall–Kier alpha value is -3.41. The summed E-state index contributed by atoms with van der Waals surface area (Å²) in [5, 5.41) is 13.9. The number of nitrogens with one attached hydrogen (secondary N) is 1. The van der Waals surface area contributed by atoms with Crippen molar-refractivity contribution >= 4 is 10.9 Å². The smallest absolute Gasteiger partial charge is 0.161 e. The molecule has 1 fully saturated rings. The number of hydrogen-bond donors (Lipinski definition) is 1. The van der Waals surface area contributed by atoms with E-state index in [1.807, 2.05) is 6.07 Å². The molecular weight excluding hydrogens is 447 g/mol. The van der Waals surface area contributed by atoms with Crippen LogP contribution in [0, 0.1) is 17.1 Å². The number of nitrogens with zero attached hydrogens (tertiary/aromatic N) is 3. The zero-order valence-electron chi connectivity index (χ0n) is 19.8. The van der Waals surface area contributed by atoms with Crippen LogP contribution in [-0.4, -0.2) is 55.9 Å². The molecule has 2 aliphatic rings. The Kier molecular flexibility index (Phi) is 6.98. The number of aromatic nitrogens is 1. The Morgan fingerprint density at radius 3 is 2.74 bits per heavy atom. The lowest BCUT2D eigenvalue weighted by molar-refractivity contribution is 0.171. The van der Waals surface area contributed by atoms with Crippen LogP contribution in [0.2, 0.25) is 0 Å². The van der Waals surface area contributed by atoms with E-state index in [0.717, 1.165) is 56.1 Å². The molecule has 0 spiro atoms. The molecule has 5 rings (SSSR count). The topological polar surface area (TPSA) is 79.6 Å². The van der Waals surface area contributed by atoms with Crippen LogP contribution in [0.15, 0.2) is 36.5 Å². The maximum Gasteiger partial charge on any atom is 0.161 e. The maximum absolute atomic E-state index is 14.5. The number of methoxy groups -OCH3 is 1. The van der Waals surface area contributed by atoms with E-state index in [2.05, 4.69) is 33.4 Å². The molecule has 0 atom stereocenters. The van der Waals surface area contributed by atoms with E-state index >= 15 is 0 Å². The Labute approximate surface area is 204 Å². The summed E-state index contributed by atoms with van der Waals surface area (Å²) in [6.45, 7) is 4.74. The number of hydrogen-bond acceptors (Lipinski definition) is 7. The van der Waals surface area contributed by atoms with Gasteiger partial charge >= 0.3 is 0 Å². The first-order valence-electron chi connectivity index (χ1n) is 12.0. The van der Waals surface area contributed by atoms with Crippen molar-refractivity contribution in [3.63, 3.8) is 0 Å². The Bertz CT molecular complexity index is 1250. The molecule has 0 amide bonds. The van der Waals surface area contributed by atoms with Crippen molar-refractivity contribution < 1.29 is 18.6 Å². The lowest BCUT2D eigenvalue weighted by atomic mass is 9.99. The van der Waals surface area contributed by atoms with E-state index in [1.165, 1.54) is 24.9 Å². The summed E-state index contributed by atoms with van der Waals surface area (Å²) < 4.78 is 31.0. The second-order valence-electron chi connectivity index (χ2n) is 8.99. The van der Waals surface area contributed by atoms with E-state index in [1.54, 1.807) is 6.07 Å². The van der Waals surface area contributed by atoms with Crippen LogP contribution in [0.5, 0.6) is 17.2 Å². The van der Waals surface area contributed by atoms with Gasteiger partial charge in [0.25, 0.3) is 0 Å². The van der Waals surface area contributed by atoms with E-state index in [9.17, 15) is 9.65 Å². The van der Waals surface area contributed by atoms with Gasteiger partial charge in [-0.2, -0.15) is 5.26 Å². The van der Waals surface area contributed by atoms with Crippen LogP contribution in [0.25, 0.3) is 10.9 Å². The Balaban J connectivity index is 1.17. The van der Waals surface area contributed by atoms with Gasteiger partial charge in [-0.15, -0.1) is 0 Å². The number of rotatable bonds is 7. The van der Waals surface area contributed by atoms with Crippen molar-refractivity contribution in [2.75, 3.05) is 40.0 Å². The molecule has 0 aliphatic carbocycles. The molecule has 0 bridgehead atoms. The molecular formula is C27H29FN4O3. The third kappa shape index (κ3) is 5.16. The Morgan fingerprint density at radius 2 is 1.97 bits per heavy atom. The average Bonchev–Trinajstić information content (AvgIpc) is 2.90. The number of pyridine rings is 1. The van der Waals surface area contributed by atoms with Gasteiger partial charge in [-0.3, -0.25) is 4.98 Å². The fraction of sp³-hybridized carbons (Fsp3) is 0.407. The minimum absolute atomic E-state index is 0.279. The zero-order chi connectivity index (χ0) is 24.2. The van der Waals surface area contributed by atoms with Gasteiger partial charge in [0.1, 0.15) is 30.5 Å². The minimum Gasteiger partial charge on any atom is -0.497 e. The van der Waals surface area contributed by atoms with Crippen molar-refractivity contribution in [2.24, 2.45) is 0 Å². The molecule has 1 N–H and O–H groups in total. The molecule has 8 heteroatoms. The third-order valence-electron chi connectivity index (χ3n) is 6.83. The second-order valence-corrected chi connectivity index (χ2v) is 8.99. The molecule has 182 valence electrons. The summed E-state index contributed by atoms with van der Waals surface area (Å²) in [6.07, 6.45) is 4.23. The number of benzene rings is 2. The lowest BCUT2D eigenvalue weighted by Crippen LogP contribution is -2.42. The summed E-state index contributed by atoms with van der Waals surface area (Å²) in [6, 6.07) is 11.9. The highest BCUT2D eigenvalue weighted by Crippen LogP contribution is 2.31. The van der Waals surface area contributed by atoms with E-state index in [4.69, 9.17) is 14.2 Å². The predicted octanol–water partition coefficient (Wildman–Crippen LogP) is 3.82. The first-order valence-corrected chi connectivity index (χ1v) is 12.0. The maximum atomic E-state index is 14.5. The van der Waals surface area contributed by atoms with Gasteiger partial charge in [-0.1, -0.05) is 6.07 Å². The summed E-state index contributed by atoms with van der Waals surface area (Å²) in [7, 11) is 1.51. The highest BCUT2D eigenvalue weighted by Gasteiger charge is 2.21.